The second kappa shape index (κ2) is 6.79. The number of methoxy groups -OCH3 is 2. The average molecular weight is 318 g/mol. The lowest BCUT2D eigenvalue weighted by Gasteiger charge is -2.35. The van der Waals surface area contributed by atoms with Gasteiger partial charge in [-0.05, 0) is 56.1 Å². The molecule has 23 heavy (non-hydrogen) atoms. The Morgan fingerprint density at radius 1 is 1.13 bits per heavy atom. The summed E-state index contributed by atoms with van der Waals surface area (Å²) < 4.78 is 10.8. The molecule has 3 rings (SSSR count). The Hall–Kier alpha value is -1.75. The van der Waals surface area contributed by atoms with Crippen LogP contribution in [-0.2, 0) is 17.8 Å². The highest BCUT2D eigenvalue weighted by Gasteiger charge is 2.30. The van der Waals surface area contributed by atoms with Crippen LogP contribution < -0.4 is 9.47 Å². The molecule has 5 nitrogen and oxygen atoms in total. The third kappa shape index (κ3) is 3.29. The van der Waals surface area contributed by atoms with Gasteiger partial charge in [-0.3, -0.25) is 4.79 Å². The van der Waals surface area contributed by atoms with Gasteiger partial charge >= 0.3 is 0 Å². The summed E-state index contributed by atoms with van der Waals surface area (Å²) in [5.74, 6) is 1.95. The first-order valence-corrected chi connectivity index (χ1v) is 8.33. The standard InChI is InChI=1S/C18H26N2O3/c1-19-7-4-5-14(11-19)18(21)20-8-6-13-9-16(22-2)17(23-3)10-15(13)12-20/h9-10,14H,4-8,11-12H2,1-3H3. The molecule has 2 heterocycles. The SMILES string of the molecule is COc1cc2c(cc1OC)CN(C(=O)C1CCCN(C)C1)CC2. The van der Waals surface area contributed by atoms with E-state index in [0.29, 0.717) is 12.5 Å². The van der Waals surface area contributed by atoms with Crippen LogP contribution in [0.2, 0.25) is 0 Å². The van der Waals surface area contributed by atoms with Crippen LogP contribution in [0.5, 0.6) is 11.5 Å². The molecular formula is C18H26N2O3. The summed E-state index contributed by atoms with van der Waals surface area (Å²) >= 11 is 0. The van der Waals surface area contributed by atoms with Crippen molar-refractivity contribution in [2.45, 2.75) is 25.8 Å². The van der Waals surface area contributed by atoms with E-state index in [9.17, 15) is 4.79 Å². The lowest BCUT2D eigenvalue weighted by molar-refractivity contribution is -0.138. The number of piperidine rings is 1. The zero-order valence-corrected chi connectivity index (χ0v) is 14.3. The van der Waals surface area contributed by atoms with Crippen molar-refractivity contribution in [1.29, 1.82) is 0 Å². The van der Waals surface area contributed by atoms with E-state index in [1.807, 2.05) is 17.0 Å². The number of rotatable bonds is 3. The molecule has 1 fully saturated rings. The third-order valence-corrected chi connectivity index (χ3v) is 5.00. The van der Waals surface area contributed by atoms with Crippen molar-refractivity contribution in [2.24, 2.45) is 5.92 Å². The van der Waals surface area contributed by atoms with Crippen LogP contribution in [0, 0.1) is 5.92 Å². The van der Waals surface area contributed by atoms with Crippen LogP contribution in [0.4, 0.5) is 0 Å². The smallest absolute Gasteiger partial charge is 0.227 e. The fourth-order valence-corrected chi connectivity index (χ4v) is 3.70. The highest BCUT2D eigenvalue weighted by molar-refractivity contribution is 5.79. The number of carbonyl (C=O) groups excluding carboxylic acids is 1. The van der Waals surface area contributed by atoms with Crippen molar-refractivity contribution in [3.05, 3.63) is 23.3 Å². The molecule has 2 aliphatic rings. The van der Waals surface area contributed by atoms with Crippen LogP contribution in [0.3, 0.4) is 0 Å². The first-order chi connectivity index (χ1) is 11.1. The number of likely N-dealkylation sites (tertiary alicyclic amines) is 1. The molecule has 5 heteroatoms. The molecule has 1 saturated heterocycles. The first kappa shape index (κ1) is 16.1. The van der Waals surface area contributed by atoms with Crippen molar-refractivity contribution in [1.82, 2.24) is 9.80 Å². The Morgan fingerprint density at radius 2 is 1.83 bits per heavy atom. The molecule has 0 N–H and O–H groups in total. The van der Waals surface area contributed by atoms with Crippen molar-refractivity contribution >= 4 is 5.91 Å². The number of hydrogen-bond acceptors (Lipinski definition) is 4. The van der Waals surface area contributed by atoms with E-state index in [1.165, 1.54) is 11.1 Å². The molecule has 0 aliphatic carbocycles. The van der Waals surface area contributed by atoms with Crippen LogP contribution >= 0.6 is 0 Å². The van der Waals surface area contributed by atoms with Gasteiger partial charge in [0.25, 0.3) is 0 Å². The number of nitrogens with zero attached hydrogens (tertiary/aromatic N) is 2. The summed E-state index contributed by atoms with van der Waals surface area (Å²) in [5, 5.41) is 0. The molecule has 1 aromatic carbocycles. The van der Waals surface area contributed by atoms with Gasteiger partial charge in [-0.2, -0.15) is 0 Å². The number of amides is 1. The van der Waals surface area contributed by atoms with Gasteiger partial charge in [-0.15, -0.1) is 0 Å². The molecule has 0 aromatic heterocycles. The van der Waals surface area contributed by atoms with Crippen LogP contribution in [-0.4, -0.2) is 56.6 Å². The van der Waals surface area contributed by atoms with Crippen molar-refractivity contribution < 1.29 is 14.3 Å². The number of hydrogen-bond donors (Lipinski definition) is 0. The average Bonchev–Trinajstić information content (AvgIpc) is 2.59. The molecular weight excluding hydrogens is 292 g/mol. The molecule has 126 valence electrons. The zero-order valence-electron chi connectivity index (χ0n) is 14.3. The molecule has 1 aromatic rings. The van der Waals surface area contributed by atoms with Gasteiger partial charge in [0.05, 0.1) is 20.1 Å². The van der Waals surface area contributed by atoms with Crippen LogP contribution in [0.1, 0.15) is 24.0 Å². The second-order valence-corrected chi connectivity index (χ2v) is 6.59. The Balaban J connectivity index is 1.75. The lowest BCUT2D eigenvalue weighted by Crippen LogP contribution is -2.45. The number of carbonyl (C=O) groups is 1. The summed E-state index contributed by atoms with van der Waals surface area (Å²) in [6.07, 6.45) is 3.00. The predicted molar refractivity (Wildman–Crippen MR) is 88.9 cm³/mol. The zero-order chi connectivity index (χ0) is 16.4. The summed E-state index contributed by atoms with van der Waals surface area (Å²) in [6, 6.07) is 4.06. The number of benzene rings is 1. The molecule has 1 unspecified atom stereocenters. The van der Waals surface area contributed by atoms with E-state index < -0.39 is 0 Å². The van der Waals surface area contributed by atoms with Crippen LogP contribution in [0.25, 0.3) is 0 Å². The molecule has 2 aliphatic heterocycles. The van der Waals surface area contributed by atoms with Crippen molar-refractivity contribution in [2.75, 3.05) is 40.9 Å². The quantitative estimate of drug-likeness (QED) is 0.854. The van der Waals surface area contributed by atoms with E-state index >= 15 is 0 Å². The monoisotopic (exact) mass is 318 g/mol. The highest BCUT2D eigenvalue weighted by Crippen LogP contribution is 2.33. The lowest BCUT2D eigenvalue weighted by atomic mass is 9.94. The van der Waals surface area contributed by atoms with E-state index in [4.69, 9.17) is 9.47 Å². The van der Waals surface area contributed by atoms with Gasteiger partial charge in [-0.1, -0.05) is 0 Å². The van der Waals surface area contributed by atoms with E-state index in [-0.39, 0.29) is 5.92 Å². The van der Waals surface area contributed by atoms with Crippen molar-refractivity contribution in [3.63, 3.8) is 0 Å². The minimum atomic E-state index is 0.149. The Kier molecular flexibility index (Phi) is 4.76. The maximum Gasteiger partial charge on any atom is 0.227 e. The van der Waals surface area contributed by atoms with E-state index in [2.05, 4.69) is 11.9 Å². The maximum absolute atomic E-state index is 12.8. The molecule has 1 atom stereocenters. The largest absolute Gasteiger partial charge is 0.493 e. The Labute approximate surface area is 138 Å². The fraction of sp³-hybridized carbons (Fsp3) is 0.611. The van der Waals surface area contributed by atoms with Gasteiger partial charge in [0.2, 0.25) is 5.91 Å². The van der Waals surface area contributed by atoms with Gasteiger partial charge in [-0.25, -0.2) is 0 Å². The first-order valence-electron chi connectivity index (χ1n) is 8.33. The summed E-state index contributed by atoms with van der Waals surface area (Å²) in [4.78, 5) is 17.1. The Morgan fingerprint density at radius 3 is 2.48 bits per heavy atom. The minimum Gasteiger partial charge on any atom is -0.493 e. The van der Waals surface area contributed by atoms with Gasteiger partial charge in [0, 0.05) is 19.6 Å². The normalized spacial score (nSPS) is 21.7. The Bertz CT molecular complexity index is 588. The molecule has 0 saturated carbocycles. The van der Waals surface area contributed by atoms with Gasteiger partial charge < -0.3 is 19.3 Å². The number of ether oxygens (including phenoxy) is 2. The minimum absolute atomic E-state index is 0.149. The summed E-state index contributed by atoms with van der Waals surface area (Å²) in [5.41, 5.74) is 2.43. The summed E-state index contributed by atoms with van der Waals surface area (Å²) in [6.45, 7) is 3.45. The van der Waals surface area contributed by atoms with E-state index in [0.717, 1.165) is 50.4 Å². The highest BCUT2D eigenvalue weighted by atomic mass is 16.5. The fourth-order valence-electron chi connectivity index (χ4n) is 3.70. The molecule has 0 bridgehead atoms. The van der Waals surface area contributed by atoms with Gasteiger partial charge in [0.15, 0.2) is 11.5 Å². The molecule has 1 amide bonds. The second-order valence-electron chi connectivity index (χ2n) is 6.59. The van der Waals surface area contributed by atoms with Crippen LogP contribution in [0.15, 0.2) is 12.1 Å². The predicted octanol–water partition coefficient (Wildman–Crippen LogP) is 1.93. The van der Waals surface area contributed by atoms with E-state index in [1.54, 1.807) is 14.2 Å². The van der Waals surface area contributed by atoms with Gasteiger partial charge in [0.1, 0.15) is 0 Å². The molecule has 0 radical (unpaired) electrons. The summed E-state index contributed by atoms with van der Waals surface area (Å²) in [7, 11) is 5.40. The van der Waals surface area contributed by atoms with Crippen molar-refractivity contribution in [3.8, 4) is 11.5 Å². The third-order valence-electron chi connectivity index (χ3n) is 5.00. The number of fused-ring (bicyclic) bond motifs is 1. The maximum atomic E-state index is 12.8. The topological polar surface area (TPSA) is 42.0 Å². The molecule has 0 spiro atoms.